The molecule has 0 spiro atoms. The zero-order chi connectivity index (χ0) is 15.4. The number of carboxylic acid groups (broad SMARTS) is 1. The lowest BCUT2D eigenvalue weighted by Crippen LogP contribution is -2.38. The zero-order valence-electron chi connectivity index (χ0n) is 11.6. The molecule has 0 aliphatic rings. The second-order valence-corrected chi connectivity index (χ2v) is 4.52. The van der Waals surface area contributed by atoms with Crippen LogP contribution < -0.4 is 11.1 Å². The number of rotatable bonds is 4. The van der Waals surface area contributed by atoms with Crippen LogP contribution in [0.15, 0.2) is 12.1 Å². The average Bonchev–Trinajstić information content (AvgIpc) is 2.32. The van der Waals surface area contributed by atoms with Crippen molar-refractivity contribution in [3.05, 3.63) is 28.8 Å². The van der Waals surface area contributed by atoms with Crippen LogP contribution in [0.1, 0.15) is 21.5 Å². The fourth-order valence-corrected chi connectivity index (χ4v) is 1.68. The third kappa shape index (κ3) is 3.71. The van der Waals surface area contributed by atoms with Gasteiger partial charge in [-0.25, -0.2) is 9.59 Å². The van der Waals surface area contributed by atoms with Crippen molar-refractivity contribution in [3.8, 4) is 0 Å². The summed E-state index contributed by atoms with van der Waals surface area (Å²) in [7, 11) is 1.42. The minimum Gasteiger partial charge on any atom is -0.478 e. The van der Waals surface area contributed by atoms with Crippen molar-refractivity contribution in [1.29, 1.82) is 0 Å². The predicted molar refractivity (Wildman–Crippen MR) is 73.7 cm³/mol. The van der Waals surface area contributed by atoms with Gasteiger partial charge >= 0.3 is 12.0 Å². The molecule has 0 unspecified atom stereocenters. The molecule has 3 amide bonds. The van der Waals surface area contributed by atoms with E-state index in [1.165, 1.54) is 13.1 Å². The molecule has 0 fully saturated rings. The molecule has 1 aromatic carbocycles. The number of urea groups is 1. The van der Waals surface area contributed by atoms with Gasteiger partial charge in [0.1, 0.15) is 6.54 Å². The molecular formula is C13H17N3O4. The van der Waals surface area contributed by atoms with Crippen LogP contribution in [0.5, 0.6) is 0 Å². The number of amides is 3. The van der Waals surface area contributed by atoms with E-state index in [0.717, 1.165) is 10.5 Å². The summed E-state index contributed by atoms with van der Waals surface area (Å²) in [5.74, 6) is -1.69. The number of primary amides is 1. The number of carboxylic acids is 1. The summed E-state index contributed by atoms with van der Waals surface area (Å²) < 4.78 is 0. The molecule has 0 aromatic heterocycles. The molecule has 0 saturated carbocycles. The first-order chi connectivity index (χ1) is 9.22. The molecule has 0 heterocycles. The molecule has 0 aliphatic carbocycles. The number of hydrogen-bond donors (Lipinski definition) is 3. The number of nitrogens with zero attached hydrogens (tertiary/aromatic N) is 1. The highest BCUT2D eigenvalue weighted by atomic mass is 16.4. The van der Waals surface area contributed by atoms with Crippen LogP contribution in [0.25, 0.3) is 0 Å². The topological polar surface area (TPSA) is 113 Å². The van der Waals surface area contributed by atoms with Crippen molar-refractivity contribution in [2.45, 2.75) is 13.8 Å². The Hall–Kier alpha value is -2.57. The standard InChI is InChI=1S/C13H17N3O4/c1-7-4-9(5-10(8(7)2)12(18)19)15-13(20)16(3)6-11(14)17/h4-5H,6H2,1-3H3,(H2,14,17)(H,15,20)(H,18,19). The largest absolute Gasteiger partial charge is 0.478 e. The smallest absolute Gasteiger partial charge is 0.336 e. The third-order valence-corrected chi connectivity index (χ3v) is 2.89. The van der Waals surface area contributed by atoms with Crippen molar-refractivity contribution < 1.29 is 19.5 Å². The van der Waals surface area contributed by atoms with Crippen LogP contribution >= 0.6 is 0 Å². The van der Waals surface area contributed by atoms with E-state index < -0.39 is 17.9 Å². The predicted octanol–water partition coefficient (Wildman–Crippen LogP) is 0.951. The quantitative estimate of drug-likeness (QED) is 0.761. The van der Waals surface area contributed by atoms with E-state index in [0.29, 0.717) is 11.3 Å². The maximum atomic E-state index is 11.8. The Bertz CT molecular complexity index is 569. The first-order valence-corrected chi connectivity index (χ1v) is 5.87. The van der Waals surface area contributed by atoms with Gasteiger partial charge in [-0.2, -0.15) is 0 Å². The lowest BCUT2D eigenvalue weighted by Gasteiger charge is -2.17. The number of benzene rings is 1. The highest BCUT2D eigenvalue weighted by Gasteiger charge is 2.14. The number of carbonyl (C=O) groups is 3. The number of nitrogens with two attached hydrogens (primary N) is 1. The van der Waals surface area contributed by atoms with E-state index in [-0.39, 0.29) is 12.1 Å². The Morgan fingerprint density at radius 3 is 2.40 bits per heavy atom. The number of anilines is 1. The van der Waals surface area contributed by atoms with Gasteiger partial charge in [-0.1, -0.05) is 0 Å². The van der Waals surface area contributed by atoms with E-state index in [1.807, 2.05) is 0 Å². The van der Waals surface area contributed by atoms with Crippen LogP contribution in [0.4, 0.5) is 10.5 Å². The number of aryl methyl sites for hydroxylation is 1. The average molecular weight is 279 g/mol. The number of likely N-dealkylation sites (N-methyl/N-ethyl adjacent to an activating group) is 1. The Balaban J connectivity index is 2.96. The van der Waals surface area contributed by atoms with Crippen LogP contribution in [-0.4, -0.2) is 41.5 Å². The molecule has 0 bridgehead atoms. The molecule has 1 rings (SSSR count). The van der Waals surface area contributed by atoms with Gasteiger partial charge in [0, 0.05) is 12.7 Å². The van der Waals surface area contributed by atoms with Gasteiger partial charge in [0.05, 0.1) is 5.56 Å². The summed E-state index contributed by atoms with van der Waals surface area (Å²) in [6.07, 6.45) is 0. The normalized spacial score (nSPS) is 9.95. The molecule has 108 valence electrons. The fourth-order valence-electron chi connectivity index (χ4n) is 1.68. The van der Waals surface area contributed by atoms with Gasteiger partial charge in [0.15, 0.2) is 0 Å². The van der Waals surface area contributed by atoms with Crippen LogP contribution in [-0.2, 0) is 4.79 Å². The van der Waals surface area contributed by atoms with Crippen molar-refractivity contribution in [2.24, 2.45) is 5.73 Å². The van der Waals surface area contributed by atoms with Gasteiger partial charge < -0.3 is 21.1 Å². The summed E-state index contributed by atoms with van der Waals surface area (Å²) in [4.78, 5) is 34.7. The molecule has 7 heteroatoms. The first-order valence-electron chi connectivity index (χ1n) is 5.87. The minimum atomic E-state index is -1.06. The molecule has 0 radical (unpaired) electrons. The van der Waals surface area contributed by atoms with E-state index in [1.54, 1.807) is 19.9 Å². The van der Waals surface area contributed by atoms with Crippen molar-refractivity contribution in [3.63, 3.8) is 0 Å². The van der Waals surface area contributed by atoms with Gasteiger partial charge in [0.2, 0.25) is 5.91 Å². The number of carbonyl (C=O) groups excluding carboxylic acids is 2. The Kier molecular flexibility index (Phi) is 4.68. The Labute approximate surface area is 116 Å². The molecule has 0 atom stereocenters. The van der Waals surface area contributed by atoms with E-state index in [9.17, 15) is 14.4 Å². The van der Waals surface area contributed by atoms with Gasteiger partial charge in [0.25, 0.3) is 0 Å². The second kappa shape index (κ2) is 6.05. The molecule has 0 aliphatic heterocycles. The summed E-state index contributed by atoms with van der Waals surface area (Å²) >= 11 is 0. The highest BCUT2D eigenvalue weighted by molar-refractivity contribution is 5.95. The van der Waals surface area contributed by atoms with E-state index >= 15 is 0 Å². The van der Waals surface area contributed by atoms with Gasteiger partial charge in [-0.15, -0.1) is 0 Å². The Morgan fingerprint density at radius 2 is 1.90 bits per heavy atom. The van der Waals surface area contributed by atoms with Crippen LogP contribution in [0, 0.1) is 13.8 Å². The molecule has 1 aromatic rings. The molecule has 4 N–H and O–H groups in total. The van der Waals surface area contributed by atoms with E-state index in [2.05, 4.69) is 5.32 Å². The molecule has 0 saturated heterocycles. The van der Waals surface area contributed by atoms with Crippen molar-refractivity contribution in [2.75, 3.05) is 18.9 Å². The van der Waals surface area contributed by atoms with Gasteiger partial charge in [-0.3, -0.25) is 4.79 Å². The maximum absolute atomic E-state index is 11.8. The molecular weight excluding hydrogens is 262 g/mol. The van der Waals surface area contributed by atoms with Crippen molar-refractivity contribution >= 4 is 23.6 Å². The van der Waals surface area contributed by atoms with Crippen LogP contribution in [0.2, 0.25) is 0 Å². The maximum Gasteiger partial charge on any atom is 0.336 e. The van der Waals surface area contributed by atoms with Crippen molar-refractivity contribution in [1.82, 2.24) is 4.90 Å². The fraction of sp³-hybridized carbons (Fsp3) is 0.308. The SMILES string of the molecule is Cc1cc(NC(=O)N(C)CC(N)=O)cc(C(=O)O)c1C. The summed E-state index contributed by atoms with van der Waals surface area (Å²) in [5.41, 5.74) is 6.86. The molecule has 7 nitrogen and oxygen atoms in total. The van der Waals surface area contributed by atoms with E-state index in [4.69, 9.17) is 10.8 Å². The minimum absolute atomic E-state index is 0.123. The first kappa shape index (κ1) is 15.5. The third-order valence-electron chi connectivity index (χ3n) is 2.89. The van der Waals surface area contributed by atoms with Crippen LogP contribution in [0.3, 0.4) is 0 Å². The summed E-state index contributed by atoms with van der Waals surface area (Å²) in [5, 5.41) is 11.6. The number of nitrogens with one attached hydrogen (secondary N) is 1. The highest BCUT2D eigenvalue weighted by Crippen LogP contribution is 2.20. The summed E-state index contributed by atoms with van der Waals surface area (Å²) in [6, 6.07) is 2.50. The second-order valence-electron chi connectivity index (χ2n) is 4.52. The zero-order valence-corrected chi connectivity index (χ0v) is 11.6. The lowest BCUT2D eigenvalue weighted by atomic mass is 10.0. The molecule has 20 heavy (non-hydrogen) atoms. The number of hydrogen-bond acceptors (Lipinski definition) is 3. The Morgan fingerprint density at radius 1 is 1.30 bits per heavy atom. The monoisotopic (exact) mass is 279 g/mol. The summed E-state index contributed by atoms with van der Waals surface area (Å²) in [6.45, 7) is 3.23. The lowest BCUT2D eigenvalue weighted by molar-refractivity contribution is -0.118. The number of aromatic carboxylic acids is 1. The van der Waals surface area contributed by atoms with Gasteiger partial charge in [-0.05, 0) is 37.1 Å².